The Morgan fingerprint density at radius 3 is 2.71 bits per heavy atom. The number of likely N-dealkylation sites (N-methyl/N-ethyl adjacent to an activating group) is 1. The van der Waals surface area contributed by atoms with E-state index in [0.717, 1.165) is 6.54 Å². The number of thioether (sulfide) groups is 1. The molecular weight excluding hydrogens is 342 g/mol. The van der Waals surface area contributed by atoms with Crippen molar-refractivity contribution in [1.29, 1.82) is 0 Å². The van der Waals surface area contributed by atoms with Gasteiger partial charge in [-0.25, -0.2) is 0 Å². The predicted molar refractivity (Wildman–Crippen MR) is 95.2 cm³/mol. The van der Waals surface area contributed by atoms with Gasteiger partial charge in [-0.3, -0.25) is 0 Å². The molecule has 2 aromatic carbocycles. The van der Waals surface area contributed by atoms with Gasteiger partial charge in [-0.05, 0) is 49.1 Å². The van der Waals surface area contributed by atoms with Gasteiger partial charge < -0.3 is 5.32 Å². The number of fused-ring (bicyclic) bond motifs is 1. The van der Waals surface area contributed by atoms with Crippen LogP contribution in [0.3, 0.4) is 0 Å². The molecule has 0 saturated carbocycles. The second-order valence-electron chi connectivity index (χ2n) is 5.56. The van der Waals surface area contributed by atoms with Crippen LogP contribution in [0.25, 0.3) is 0 Å². The van der Waals surface area contributed by atoms with Crippen LogP contribution < -0.4 is 5.32 Å². The Hall–Kier alpha value is -0.770. The Morgan fingerprint density at radius 1 is 1.19 bits per heavy atom. The molecule has 1 nitrogen and oxygen atoms in total. The summed E-state index contributed by atoms with van der Waals surface area (Å²) >= 11 is 5.76. The maximum atomic E-state index is 3.71. The number of nitrogens with one attached hydrogen (secondary N) is 1. The van der Waals surface area contributed by atoms with Gasteiger partial charge in [0.1, 0.15) is 0 Å². The quantitative estimate of drug-likeness (QED) is 0.815. The summed E-state index contributed by atoms with van der Waals surface area (Å²) in [5.41, 5.74) is 2.94. The summed E-state index contributed by atoms with van der Waals surface area (Å²) < 4.78 is 1.23. The normalized spacial score (nSPS) is 18.5. The van der Waals surface area contributed by atoms with Crippen molar-refractivity contribution >= 4 is 27.7 Å². The first-order valence-electron chi connectivity index (χ1n) is 7.41. The molecule has 1 aliphatic rings. The van der Waals surface area contributed by atoms with Crippen molar-refractivity contribution in [2.45, 2.75) is 28.9 Å². The van der Waals surface area contributed by atoms with Crippen LogP contribution in [0.5, 0.6) is 0 Å². The van der Waals surface area contributed by atoms with Crippen LogP contribution in [0.2, 0.25) is 0 Å². The van der Waals surface area contributed by atoms with Crippen molar-refractivity contribution in [1.82, 2.24) is 5.32 Å². The van der Waals surface area contributed by atoms with Crippen molar-refractivity contribution < 1.29 is 0 Å². The molecule has 110 valence electrons. The SMILES string of the molecule is CNCC(CC1Cc2ccccc2S1)c1ccccc1Br. The van der Waals surface area contributed by atoms with Gasteiger partial charge in [0.15, 0.2) is 0 Å². The summed E-state index contributed by atoms with van der Waals surface area (Å²) in [5, 5.41) is 4.05. The lowest BCUT2D eigenvalue weighted by Gasteiger charge is -2.21. The van der Waals surface area contributed by atoms with Gasteiger partial charge in [0, 0.05) is 21.2 Å². The molecule has 0 amide bonds. The van der Waals surface area contributed by atoms with Crippen LogP contribution in [0, 0.1) is 0 Å². The number of hydrogen-bond acceptors (Lipinski definition) is 2. The molecule has 0 fully saturated rings. The molecule has 0 aromatic heterocycles. The van der Waals surface area contributed by atoms with E-state index in [2.05, 4.69) is 69.8 Å². The highest BCUT2D eigenvalue weighted by Gasteiger charge is 2.26. The minimum Gasteiger partial charge on any atom is -0.319 e. The number of rotatable bonds is 5. The molecule has 2 atom stereocenters. The fourth-order valence-electron chi connectivity index (χ4n) is 3.08. The predicted octanol–water partition coefficient (Wildman–Crippen LogP) is 4.86. The van der Waals surface area contributed by atoms with Crippen LogP contribution in [-0.4, -0.2) is 18.8 Å². The van der Waals surface area contributed by atoms with E-state index < -0.39 is 0 Å². The van der Waals surface area contributed by atoms with Crippen LogP contribution in [0.1, 0.15) is 23.5 Å². The Bertz CT molecular complexity index is 589. The minimum absolute atomic E-state index is 0.553. The van der Waals surface area contributed by atoms with Gasteiger partial charge in [0.25, 0.3) is 0 Å². The van der Waals surface area contributed by atoms with E-state index in [-0.39, 0.29) is 0 Å². The van der Waals surface area contributed by atoms with Crippen molar-refractivity contribution in [2.24, 2.45) is 0 Å². The Morgan fingerprint density at radius 2 is 1.95 bits per heavy atom. The van der Waals surface area contributed by atoms with Crippen molar-refractivity contribution in [3.05, 3.63) is 64.1 Å². The van der Waals surface area contributed by atoms with Crippen molar-refractivity contribution in [3.8, 4) is 0 Å². The highest BCUT2D eigenvalue weighted by atomic mass is 79.9. The zero-order valence-corrected chi connectivity index (χ0v) is 14.6. The molecule has 2 aromatic rings. The van der Waals surface area contributed by atoms with E-state index in [4.69, 9.17) is 0 Å². The summed E-state index contributed by atoms with van der Waals surface area (Å²) in [7, 11) is 2.04. The summed E-state index contributed by atoms with van der Waals surface area (Å²) in [6.07, 6.45) is 2.41. The third-order valence-electron chi connectivity index (χ3n) is 4.06. The van der Waals surface area contributed by atoms with Gasteiger partial charge in [-0.2, -0.15) is 0 Å². The summed E-state index contributed by atoms with van der Waals surface area (Å²) in [6, 6.07) is 17.4. The maximum absolute atomic E-state index is 3.71. The molecule has 0 aliphatic carbocycles. The van der Waals surface area contributed by atoms with Gasteiger partial charge >= 0.3 is 0 Å². The van der Waals surface area contributed by atoms with Crippen LogP contribution in [0.15, 0.2) is 57.9 Å². The minimum atomic E-state index is 0.553. The molecule has 0 spiro atoms. The molecule has 1 N–H and O–H groups in total. The van der Waals surface area contributed by atoms with Gasteiger partial charge in [-0.1, -0.05) is 52.3 Å². The highest BCUT2D eigenvalue weighted by molar-refractivity contribution is 9.10. The van der Waals surface area contributed by atoms with Crippen molar-refractivity contribution in [3.63, 3.8) is 0 Å². The molecule has 21 heavy (non-hydrogen) atoms. The molecule has 0 bridgehead atoms. The van der Waals surface area contributed by atoms with Crippen LogP contribution in [-0.2, 0) is 6.42 Å². The topological polar surface area (TPSA) is 12.0 Å². The molecule has 0 saturated heterocycles. The molecule has 3 heteroatoms. The fraction of sp³-hybridized carbons (Fsp3) is 0.333. The first kappa shape index (κ1) is 15.1. The summed E-state index contributed by atoms with van der Waals surface area (Å²) in [6.45, 7) is 1.02. The first-order chi connectivity index (χ1) is 10.3. The van der Waals surface area contributed by atoms with Gasteiger partial charge in [0.2, 0.25) is 0 Å². The maximum Gasteiger partial charge on any atom is 0.0210 e. The lowest BCUT2D eigenvalue weighted by molar-refractivity contribution is 0.570. The third-order valence-corrected chi connectivity index (χ3v) is 6.12. The highest BCUT2D eigenvalue weighted by Crippen LogP contribution is 2.41. The van der Waals surface area contributed by atoms with Crippen molar-refractivity contribution in [2.75, 3.05) is 13.6 Å². The van der Waals surface area contributed by atoms with E-state index in [1.54, 1.807) is 0 Å². The Balaban J connectivity index is 1.74. The first-order valence-corrected chi connectivity index (χ1v) is 9.08. The van der Waals surface area contributed by atoms with Crippen LogP contribution in [0.4, 0.5) is 0 Å². The largest absolute Gasteiger partial charge is 0.319 e. The molecule has 3 rings (SSSR count). The van der Waals surface area contributed by atoms with Gasteiger partial charge in [0.05, 0.1) is 0 Å². The molecule has 1 aliphatic heterocycles. The van der Waals surface area contributed by atoms with E-state index >= 15 is 0 Å². The summed E-state index contributed by atoms with van der Waals surface area (Å²) in [4.78, 5) is 1.47. The van der Waals surface area contributed by atoms with E-state index in [1.165, 1.54) is 33.3 Å². The summed E-state index contributed by atoms with van der Waals surface area (Å²) in [5.74, 6) is 0.553. The number of hydrogen-bond donors (Lipinski definition) is 1. The van der Waals surface area contributed by atoms with E-state index in [1.807, 2.05) is 18.8 Å². The zero-order valence-electron chi connectivity index (χ0n) is 12.2. The Kier molecular flexibility index (Phi) is 5.04. The third kappa shape index (κ3) is 3.53. The fourth-order valence-corrected chi connectivity index (χ4v) is 5.09. The van der Waals surface area contributed by atoms with E-state index in [0.29, 0.717) is 11.2 Å². The molecule has 1 heterocycles. The lowest BCUT2D eigenvalue weighted by Crippen LogP contribution is -2.21. The average Bonchev–Trinajstić information content (AvgIpc) is 2.89. The van der Waals surface area contributed by atoms with Crippen LogP contribution >= 0.6 is 27.7 Å². The van der Waals surface area contributed by atoms with E-state index in [9.17, 15) is 0 Å². The zero-order chi connectivity index (χ0) is 14.7. The molecule has 0 radical (unpaired) electrons. The molecular formula is C18H20BrNS. The average molecular weight is 362 g/mol. The lowest BCUT2D eigenvalue weighted by atomic mass is 9.92. The smallest absolute Gasteiger partial charge is 0.0210 e. The monoisotopic (exact) mass is 361 g/mol. The van der Waals surface area contributed by atoms with Gasteiger partial charge in [-0.15, -0.1) is 11.8 Å². The number of benzene rings is 2. The molecule has 2 unspecified atom stereocenters. The second kappa shape index (κ2) is 6.99. The second-order valence-corrected chi connectivity index (χ2v) is 7.76. The Labute approximate surface area is 139 Å². The number of halogens is 1. The standard InChI is InChI=1S/C18H20BrNS/c1-20-12-14(16-7-3-4-8-17(16)19)11-15-10-13-6-2-5-9-18(13)21-15/h2-9,14-15,20H,10-12H2,1H3.